The van der Waals surface area contributed by atoms with Crippen molar-refractivity contribution in [1.29, 1.82) is 0 Å². The van der Waals surface area contributed by atoms with Gasteiger partial charge in [-0.05, 0) is 24.3 Å². The average Bonchev–Trinajstić information content (AvgIpc) is 2.91. The fourth-order valence-corrected chi connectivity index (χ4v) is 3.41. The maximum atomic E-state index is 11.3. The maximum Gasteiger partial charge on any atom is 0.209 e. The predicted molar refractivity (Wildman–Crippen MR) is 80.1 cm³/mol. The fourth-order valence-electron chi connectivity index (χ4n) is 2.16. The molecular formula is C14H15ClN2O2S. The third-order valence-electron chi connectivity index (χ3n) is 3.31. The van der Waals surface area contributed by atoms with Gasteiger partial charge in [-0.1, -0.05) is 11.6 Å². The highest BCUT2D eigenvalue weighted by atomic mass is 35.5. The van der Waals surface area contributed by atoms with Crippen LogP contribution in [0.15, 0.2) is 34.9 Å². The van der Waals surface area contributed by atoms with Gasteiger partial charge in [0.15, 0.2) is 5.76 Å². The number of nitrogens with zero attached hydrogens (tertiary/aromatic N) is 2. The minimum Gasteiger partial charge on any atom is -0.439 e. The zero-order valence-corrected chi connectivity index (χ0v) is 12.5. The molecular weight excluding hydrogens is 296 g/mol. The Morgan fingerprint density at radius 3 is 2.65 bits per heavy atom. The molecule has 1 aromatic carbocycles. The SMILES string of the molecule is O=S1CCN(Cc2ncc(-c3ccc(Cl)cc3)o2)CC1. The van der Waals surface area contributed by atoms with Gasteiger partial charge in [-0.25, -0.2) is 4.98 Å². The molecule has 0 amide bonds. The van der Waals surface area contributed by atoms with Gasteiger partial charge >= 0.3 is 0 Å². The van der Waals surface area contributed by atoms with Gasteiger partial charge in [0.25, 0.3) is 0 Å². The molecule has 1 aromatic heterocycles. The molecule has 0 spiro atoms. The monoisotopic (exact) mass is 310 g/mol. The Hall–Kier alpha value is -1.17. The molecule has 106 valence electrons. The first kappa shape index (κ1) is 13.8. The summed E-state index contributed by atoms with van der Waals surface area (Å²) in [4.78, 5) is 6.53. The Balaban J connectivity index is 1.67. The first-order valence-electron chi connectivity index (χ1n) is 6.49. The second-order valence-corrected chi connectivity index (χ2v) is 6.88. The molecule has 6 heteroatoms. The lowest BCUT2D eigenvalue weighted by Crippen LogP contribution is -2.37. The van der Waals surface area contributed by atoms with Gasteiger partial charge in [0.2, 0.25) is 5.89 Å². The molecule has 0 aliphatic carbocycles. The highest BCUT2D eigenvalue weighted by Crippen LogP contribution is 2.22. The van der Waals surface area contributed by atoms with Crippen molar-refractivity contribution >= 4 is 22.4 Å². The van der Waals surface area contributed by atoms with Crippen LogP contribution in [0.5, 0.6) is 0 Å². The van der Waals surface area contributed by atoms with Crippen LogP contribution in [0, 0.1) is 0 Å². The molecule has 1 aliphatic heterocycles. The van der Waals surface area contributed by atoms with Crippen molar-refractivity contribution in [3.63, 3.8) is 0 Å². The topological polar surface area (TPSA) is 46.3 Å². The Kier molecular flexibility index (Phi) is 4.19. The molecule has 1 fully saturated rings. The number of benzene rings is 1. The molecule has 0 radical (unpaired) electrons. The van der Waals surface area contributed by atoms with E-state index in [1.54, 1.807) is 6.20 Å². The molecule has 1 saturated heterocycles. The van der Waals surface area contributed by atoms with Crippen molar-refractivity contribution in [2.45, 2.75) is 6.54 Å². The van der Waals surface area contributed by atoms with E-state index in [9.17, 15) is 4.21 Å². The van der Waals surface area contributed by atoms with Crippen LogP contribution in [-0.4, -0.2) is 38.7 Å². The number of hydrogen-bond donors (Lipinski definition) is 0. The van der Waals surface area contributed by atoms with Crippen molar-refractivity contribution < 1.29 is 8.63 Å². The van der Waals surface area contributed by atoms with Crippen LogP contribution in [0.2, 0.25) is 5.02 Å². The van der Waals surface area contributed by atoms with Gasteiger partial charge in [0.1, 0.15) is 0 Å². The third kappa shape index (κ3) is 3.29. The van der Waals surface area contributed by atoms with E-state index in [4.69, 9.17) is 16.0 Å². The van der Waals surface area contributed by atoms with E-state index in [0.717, 1.165) is 35.9 Å². The zero-order valence-electron chi connectivity index (χ0n) is 10.9. The van der Waals surface area contributed by atoms with Crippen LogP contribution in [0.1, 0.15) is 5.89 Å². The zero-order chi connectivity index (χ0) is 13.9. The van der Waals surface area contributed by atoms with Gasteiger partial charge in [-0.3, -0.25) is 9.11 Å². The fraction of sp³-hybridized carbons (Fsp3) is 0.357. The normalized spacial score (nSPS) is 17.4. The van der Waals surface area contributed by atoms with Crippen LogP contribution in [0.3, 0.4) is 0 Å². The molecule has 0 atom stereocenters. The van der Waals surface area contributed by atoms with Crippen molar-refractivity contribution in [3.8, 4) is 11.3 Å². The molecule has 0 saturated carbocycles. The number of halogens is 1. The van der Waals surface area contributed by atoms with Crippen LogP contribution >= 0.6 is 11.6 Å². The van der Waals surface area contributed by atoms with E-state index in [2.05, 4.69) is 9.88 Å². The number of hydrogen-bond acceptors (Lipinski definition) is 4. The van der Waals surface area contributed by atoms with E-state index in [0.29, 0.717) is 17.5 Å². The molecule has 4 nitrogen and oxygen atoms in total. The highest BCUT2D eigenvalue weighted by Gasteiger charge is 2.17. The van der Waals surface area contributed by atoms with Gasteiger partial charge in [0, 0.05) is 46.0 Å². The smallest absolute Gasteiger partial charge is 0.209 e. The molecule has 3 rings (SSSR count). The Bertz CT molecular complexity index is 602. The summed E-state index contributed by atoms with van der Waals surface area (Å²) in [6, 6.07) is 7.49. The lowest BCUT2D eigenvalue weighted by Gasteiger charge is -2.24. The summed E-state index contributed by atoms with van der Waals surface area (Å²) in [7, 11) is -0.651. The summed E-state index contributed by atoms with van der Waals surface area (Å²) in [5.41, 5.74) is 0.966. The standard InChI is InChI=1S/C14H15ClN2O2S/c15-12-3-1-11(2-4-12)13-9-16-14(19-13)10-17-5-7-20(18)8-6-17/h1-4,9H,5-8,10H2. The summed E-state index contributed by atoms with van der Waals surface area (Å²) in [5.74, 6) is 2.93. The van der Waals surface area contributed by atoms with E-state index < -0.39 is 10.8 Å². The van der Waals surface area contributed by atoms with Gasteiger partial charge in [-0.2, -0.15) is 0 Å². The van der Waals surface area contributed by atoms with Crippen LogP contribution in [0.4, 0.5) is 0 Å². The molecule has 0 unspecified atom stereocenters. The van der Waals surface area contributed by atoms with Crippen molar-refractivity contribution in [3.05, 3.63) is 41.4 Å². The van der Waals surface area contributed by atoms with Gasteiger partial charge in [-0.15, -0.1) is 0 Å². The van der Waals surface area contributed by atoms with E-state index in [1.165, 1.54) is 0 Å². The second-order valence-electron chi connectivity index (χ2n) is 4.75. The maximum absolute atomic E-state index is 11.3. The van der Waals surface area contributed by atoms with Gasteiger partial charge < -0.3 is 4.42 Å². The van der Waals surface area contributed by atoms with Crippen molar-refractivity contribution in [2.75, 3.05) is 24.6 Å². The van der Waals surface area contributed by atoms with E-state index in [-0.39, 0.29) is 0 Å². The number of rotatable bonds is 3. The minimum atomic E-state index is -0.651. The van der Waals surface area contributed by atoms with Crippen molar-refractivity contribution in [2.24, 2.45) is 0 Å². The van der Waals surface area contributed by atoms with Crippen molar-refractivity contribution in [1.82, 2.24) is 9.88 Å². The average molecular weight is 311 g/mol. The van der Waals surface area contributed by atoms with Crippen LogP contribution in [0.25, 0.3) is 11.3 Å². The summed E-state index contributed by atoms with van der Waals surface area (Å²) < 4.78 is 17.1. The summed E-state index contributed by atoms with van der Waals surface area (Å²) in [6.45, 7) is 2.35. The molecule has 2 aromatic rings. The largest absolute Gasteiger partial charge is 0.439 e. The molecule has 1 aliphatic rings. The Morgan fingerprint density at radius 2 is 1.95 bits per heavy atom. The van der Waals surface area contributed by atoms with E-state index >= 15 is 0 Å². The second kappa shape index (κ2) is 6.08. The summed E-state index contributed by atoms with van der Waals surface area (Å²) >= 11 is 5.87. The molecule has 2 heterocycles. The summed E-state index contributed by atoms with van der Waals surface area (Å²) in [5, 5.41) is 0.704. The van der Waals surface area contributed by atoms with Crippen LogP contribution < -0.4 is 0 Å². The highest BCUT2D eigenvalue weighted by molar-refractivity contribution is 7.85. The summed E-state index contributed by atoms with van der Waals surface area (Å²) in [6.07, 6.45) is 1.74. The number of oxazole rings is 1. The quantitative estimate of drug-likeness (QED) is 0.874. The van der Waals surface area contributed by atoms with E-state index in [1.807, 2.05) is 24.3 Å². The third-order valence-corrected chi connectivity index (χ3v) is 4.84. The lowest BCUT2D eigenvalue weighted by molar-refractivity contribution is 0.261. The Morgan fingerprint density at radius 1 is 1.25 bits per heavy atom. The molecule has 20 heavy (non-hydrogen) atoms. The minimum absolute atomic E-state index is 0.651. The lowest BCUT2D eigenvalue weighted by atomic mass is 10.2. The molecule has 0 bridgehead atoms. The first-order valence-corrected chi connectivity index (χ1v) is 8.35. The first-order chi connectivity index (χ1) is 9.70. The van der Waals surface area contributed by atoms with Gasteiger partial charge in [0.05, 0.1) is 12.7 Å². The Labute approximate surface area is 125 Å². The van der Waals surface area contributed by atoms with Crippen LogP contribution in [-0.2, 0) is 17.3 Å². The molecule has 0 N–H and O–H groups in total. The number of aromatic nitrogens is 1. The predicted octanol–water partition coefficient (Wildman–Crippen LogP) is 2.56.